The molecule has 1 aromatic rings. The number of hydrogen-bond acceptors (Lipinski definition) is 1. The second kappa shape index (κ2) is 3.09. The summed E-state index contributed by atoms with van der Waals surface area (Å²) in [7, 11) is 0. The molecule has 2 heteroatoms. The molecule has 0 aliphatic carbocycles. The van der Waals surface area contributed by atoms with Crippen LogP contribution in [0.2, 0.25) is 0 Å². The minimum atomic E-state index is -0.657. The van der Waals surface area contributed by atoms with Crippen molar-refractivity contribution in [2.24, 2.45) is 0 Å². The molecule has 1 rings (SSSR count). The van der Waals surface area contributed by atoms with Crippen LogP contribution in [0.4, 0.5) is 0 Å². The zero-order valence-corrected chi connectivity index (χ0v) is 5.54. The maximum atomic E-state index is 8.98. The first-order valence-corrected chi connectivity index (χ1v) is 3.09. The van der Waals surface area contributed by atoms with E-state index in [0.717, 1.165) is 5.56 Å². The lowest BCUT2D eigenvalue weighted by Gasteiger charge is -1.97. The Morgan fingerprint density at radius 1 is 1.80 bits per heavy atom. The predicted octanol–water partition coefficient (Wildman–Crippen LogP) is 0.551. The first-order chi connectivity index (χ1) is 4.83. The van der Waals surface area contributed by atoms with E-state index < -0.39 is 6.10 Å². The van der Waals surface area contributed by atoms with Crippen LogP contribution < -0.4 is 0 Å². The molecule has 0 aromatic carbocycles. The van der Waals surface area contributed by atoms with Gasteiger partial charge in [0.2, 0.25) is 0 Å². The van der Waals surface area contributed by atoms with Crippen molar-refractivity contribution >= 4 is 0 Å². The van der Waals surface area contributed by atoms with Crippen LogP contribution in [0.5, 0.6) is 0 Å². The van der Waals surface area contributed by atoms with E-state index in [4.69, 9.17) is 11.5 Å². The lowest BCUT2D eigenvalue weighted by molar-refractivity contribution is 0.233. The molecule has 2 nitrogen and oxygen atoms in total. The van der Waals surface area contributed by atoms with Gasteiger partial charge in [0.05, 0.1) is 0 Å². The summed E-state index contributed by atoms with van der Waals surface area (Å²) in [6, 6.07) is 1.89. The number of hydrogen-bond donors (Lipinski definition) is 2. The van der Waals surface area contributed by atoms with Gasteiger partial charge in [-0.3, -0.25) is 0 Å². The van der Waals surface area contributed by atoms with Crippen LogP contribution in [-0.4, -0.2) is 16.2 Å². The number of aromatic amines is 1. The van der Waals surface area contributed by atoms with Crippen LogP contribution >= 0.6 is 0 Å². The molecule has 0 aliphatic heterocycles. The Hall–Kier alpha value is -1.20. The first kappa shape index (κ1) is 6.91. The van der Waals surface area contributed by atoms with Crippen LogP contribution in [-0.2, 0) is 6.42 Å². The number of aliphatic hydroxyl groups excluding tert-OH is 1. The third kappa shape index (κ3) is 1.64. The highest BCUT2D eigenvalue weighted by Gasteiger charge is 1.99. The molecule has 0 saturated carbocycles. The Kier molecular flexibility index (Phi) is 2.14. The highest BCUT2D eigenvalue weighted by molar-refractivity contribution is 5.12. The fourth-order valence-corrected chi connectivity index (χ4v) is 0.768. The smallest absolute Gasteiger partial charge is 0.118 e. The summed E-state index contributed by atoms with van der Waals surface area (Å²) in [6.45, 7) is 0. The van der Waals surface area contributed by atoms with Crippen molar-refractivity contribution in [1.29, 1.82) is 0 Å². The van der Waals surface area contributed by atoms with Gasteiger partial charge in [-0.1, -0.05) is 5.92 Å². The van der Waals surface area contributed by atoms with E-state index in [9.17, 15) is 0 Å². The standard InChI is InChI=1S/C8H9NO/c1-2-8(10)5-7-3-4-9-6-7/h1,3-4,6,8-10H,5H2. The molecule has 0 bridgehead atoms. The summed E-state index contributed by atoms with van der Waals surface area (Å²) in [5.41, 5.74) is 1.03. The van der Waals surface area contributed by atoms with Crippen molar-refractivity contribution in [2.75, 3.05) is 0 Å². The summed E-state index contributed by atoms with van der Waals surface area (Å²) in [5.74, 6) is 2.24. The molecular weight excluding hydrogens is 126 g/mol. The monoisotopic (exact) mass is 135 g/mol. The molecule has 52 valence electrons. The summed E-state index contributed by atoms with van der Waals surface area (Å²) in [5, 5.41) is 8.98. The maximum Gasteiger partial charge on any atom is 0.118 e. The van der Waals surface area contributed by atoms with Crippen LogP contribution in [0.3, 0.4) is 0 Å². The van der Waals surface area contributed by atoms with E-state index in [1.54, 1.807) is 6.20 Å². The molecule has 0 aliphatic rings. The number of aromatic nitrogens is 1. The summed E-state index contributed by atoms with van der Waals surface area (Å²) < 4.78 is 0. The second-order valence-corrected chi connectivity index (χ2v) is 2.11. The third-order valence-electron chi connectivity index (χ3n) is 1.28. The van der Waals surface area contributed by atoms with E-state index in [1.807, 2.05) is 12.3 Å². The minimum Gasteiger partial charge on any atom is -0.380 e. The highest BCUT2D eigenvalue weighted by atomic mass is 16.3. The first-order valence-electron chi connectivity index (χ1n) is 3.09. The lowest BCUT2D eigenvalue weighted by Crippen LogP contribution is -2.05. The van der Waals surface area contributed by atoms with E-state index in [1.165, 1.54) is 0 Å². The van der Waals surface area contributed by atoms with Crippen molar-refractivity contribution in [2.45, 2.75) is 12.5 Å². The molecule has 0 amide bonds. The molecule has 0 saturated heterocycles. The Morgan fingerprint density at radius 2 is 2.60 bits per heavy atom. The summed E-state index contributed by atoms with van der Waals surface area (Å²) in [6.07, 6.45) is 8.47. The second-order valence-electron chi connectivity index (χ2n) is 2.11. The largest absolute Gasteiger partial charge is 0.380 e. The van der Waals surface area contributed by atoms with Gasteiger partial charge in [0.15, 0.2) is 0 Å². The van der Waals surface area contributed by atoms with E-state index in [2.05, 4.69) is 10.9 Å². The molecule has 1 heterocycles. The van der Waals surface area contributed by atoms with Crippen molar-refractivity contribution in [3.63, 3.8) is 0 Å². The molecule has 1 atom stereocenters. The van der Waals surface area contributed by atoms with Crippen LogP contribution in [0, 0.1) is 12.3 Å². The van der Waals surface area contributed by atoms with Gasteiger partial charge in [0.25, 0.3) is 0 Å². The third-order valence-corrected chi connectivity index (χ3v) is 1.28. The van der Waals surface area contributed by atoms with Gasteiger partial charge in [0, 0.05) is 18.8 Å². The van der Waals surface area contributed by atoms with Gasteiger partial charge >= 0.3 is 0 Å². The molecular formula is C8H9NO. The lowest BCUT2D eigenvalue weighted by atomic mass is 10.1. The van der Waals surface area contributed by atoms with Gasteiger partial charge in [0.1, 0.15) is 6.10 Å². The summed E-state index contributed by atoms with van der Waals surface area (Å²) in [4.78, 5) is 2.88. The number of rotatable bonds is 2. The van der Waals surface area contributed by atoms with Crippen molar-refractivity contribution in [3.05, 3.63) is 24.0 Å². The van der Waals surface area contributed by atoms with Crippen molar-refractivity contribution < 1.29 is 5.11 Å². The van der Waals surface area contributed by atoms with E-state index >= 15 is 0 Å². The number of aliphatic hydroxyl groups is 1. The van der Waals surface area contributed by atoms with Gasteiger partial charge in [-0.2, -0.15) is 0 Å². The molecule has 0 radical (unpaired) electrons. The fraction of sp³-hybridized carbons (Fsp3) is 0.250. The summed E-state index contributed by atoms with van der Waals surface area (Å²) >= 11 is 0. The Labute approximate surface area is 59.9 Å². The fourth-order valence-electron chi connectivity index (χ4n) is 0.768. The Morgan fingerprint density at radius 3 is 3.10 bits per heavy atom. The molecule has 0 spiro atoms. The molecule has 10 heavy (non-hydrogen) atoms. The van der Waals surface area contributed by atoms with Gasteiger partial charge in [-0.15, -0.1) is 6.42 Å². The normalized spacial score (nSPS) is 12.4. The predicted molar refractivity (Wildman–Crippen MR) is 39.3 cm³/mol. The topological polar surface area (TPSA) is 36.0 Å². The molecule has 1 aromatic heterocycles. The quantitative estimate of drug-likeness (QED) is 0.571. The maximum absolute atomic E-state index is 8.98. The zero-order valence-electron chi connectivity index (χ0n) is 5.54. The molecule has 0 fully saturated rings. The highest BCUT2D eigenvalue weighted by Crippen LogP contribution is 2.00. The van der Waals surface area contributed by atoms with Gasteiger partial charge < -0.3 is 10.1 Å². The van der Waals surface area contributed by atoms with E-state index in [0.29, 0.717) is 6.42 Å². The van der Waals surface area contributed by atoms with Crippen molar-refractivity contribution in [3.8, 4) is 12.3 Å². The number of nitrogens with one attached hydrogen (secondary N) is 1. The SMILES string of the molecule is C#CC(O)Cc1cc[nH]c1. The van der Waals surface area contributed by atoms with Crippen LogP contribution in [0.1, 0.15) is 5.56 Å². The van der Waals surface area contributed by atoms with E-state index in [-0.39, 0.29) is 0 Å². The number of terminal acetylenes is 1. The molecule has 2 N–H and O–H groups in total. The average molecular weight is 135 g/mol. The van der Waals surface area contributed by atoms with Gasteiger partial charge in [-0.25, -0.2) is 0 Å². The average Bonchev–Trinajstić information content (AvgIpc) is 2.40. The zero-order chi connectivity index (χ0) is 7.40. The number of H-pyrrole nitrogens is 1. The van der Waals surface area contributed by atoms with Gasteiger partial charge in [-0.05, 0) is 11.6 Å². The Bertz CT molecular complexity index is 220. The van der Waals surface area contributed by atoms with Crippen molar-refractivity contribution in [1.82, 2.24) is 4.98 Å². The van der Waals surface area contributed by atoms with Crippen LogP contribution in [0.15, 0.2) is 18.5 Å². The van der Waals surface area contributed by atoms with Crippen LogP contribution in [0.25, 0.3) is 0 Å². The molecule has 1 unspecified atom stereocenters. The minimum absolute atomic E-state index is 0.528. The Balaban J connectivity index is 2.50.